The van der Waals surface area contributed by atoms with Gasteiger partial charge >= 0.3 is 0 Å². The van der Waals surface area contributed by atoms with Crippen molar-refractivity contribution in [1.29, 1.82) is 0 Å². The molecule has 0 bridgehead atoms. The highest BCUT2D eigenvalue weighted by atomic mass is 32.2. The minimum Gasteiger partial charge on any atom is -0.349 e. The number of amides is 2. The molecule has 0 spiro atoms. The summed E-state index contributed by atoms with van der Waals surface area (Å²) in [5.74, 6) is -3.20. The highest BCUT2D eigenvalue weighted by Crippen LogP contribution is 2.32. The molecule has 26 heavy (non-hydrogen) atoms. The average molecular weight is 378 g/mol. The fourth-order valence-corrected chi connectivity index (χ4v) is 3.05. The Balaban J connectivity index is 2.12. The van der Waals surface area contributed by atoms with E-state index in [2.05, 4.69) is 10.6 Å². The van der Waals surface area contributed by atoms with Crippen molar-refractivity contribution in [2.45, 2.75) is 37.0 Å². The third-order valence-corrected chi connectivity index (χ3v) is 4.41. The molecule has 0 radical (unpaired) electrons. The van der Waals surface area contributed by atoms with Crippen LogP contribution in [-0.2, 0) is 9.59 Å². The molecule has 7 heteroatoms. The minimum atomic E-state index is -2.58. The summed E-state index contributed by atoms with van der Waals surface area (Å²) < 4.78 is 25.3. The van der Waals surface area contributed by atoms with Gasteiger partial charge in [0, 0.05) is 11.8 Å². The van der Waals surface area contributed by atoms with Crippen molar-refractivity contribution in [3.05, 3.63) is 59.7 Å². The van der Waals surface area contributed by atoms with Gasteiger partial charge in [0.15, 0.2) is 0 Å². The van der Waals surface area contributed by atoms with Crippen molar-refractivity contribution in [3.8, 4) is 0 Å². The van der Waals surface area contributed by atoms with Gasteiger partial charge in [-0.25, -0.2) is 0 Å². The second-order valence-electron chi connectivity index (χ2n) is 5.79. The maximum absolute atomic E-state index is 12.6. The Kier molecular flexibility index (Phi) is 7.15. The van der Waals surface area contributed by atoms with Gasteiger partial charge in [-0.15, -0.1) is 0 Å². The molecule has 2 aromatic carbocycles. The van der Waals surface area contributed by atoms with Crippen LogP contribution >= 0.6 is 11.8 Å². The van der Waals surface area contributed by atoms with Crippen LogP contribution in [-0.4, -0.2) is 17.6 Å². The summed E-state index contributed by atoms with van der Waals surface area (Å²) in [6, 6.07) is 13.4. The normalized spacial score (nSPS) is 11.9. The number of aryl methyl sites for hydroxylation is 1. The van der Waals surface area contributed by atoms with Crippen molar-refractivity contribution in [3.63, 3.8) is 0 Å². The number of carbonyl (C=O) groups excluding carboxylic acids is 2. The highest BCUT2D eigenvalue weighted by molar-refractivity contribution is 7.99. The van der Waals surface area contributed by atoms with Crippen molar-refractivity contribution < 1.29 is 18.4 Å². The predicted molar refractivity (Wildman–Crippen MR) is 99.3 cm³/mol. The van der Waals surface area contributed by atoms with Gasteiger partial charge in [0.2, 0.25) is 11.8 Å². The molecule has 2 aromatic rings. The van der Waals surface area contributed by atoms with Crippen LogP contribution in [0.25, 0.3) is 0 Å². The van der Waals surface area contributed by atoms with Crippen LogP contribution in [0.3, 0.4) is 0 Å². The summed E-state index contributed by atoms with van der Waals surface area (Å²) in [5, 5.41) is 5.41. The fourth-order valence-electron chi connectivity index (χ4n) is 2.45. The van der Waals surface area contributed by atoms with E-state index in [1.165, 1.54) is 13.0 Å². The maximum atomic E-state index is 12.6. The number of alkyl halides is 2. The number of para-hydroxylation sites is 1. The molecule has 138 valence electrons. The summed E-state index contributed by atoms with van der Waals surface area (Å²) >= 11 is 0.377. The number of rotatable bonds is 7. The van der Waals surface area contributed by atoms with Gasteiger partial charge in [0.25, 0.3) is 5.76 Å². The Morgan fingerprint density at radius 1 is 1.08 bits per heavy atom. The molecule has 2 N–H and O–H groups in total. The first kappa shape index (κ1) is 19.9. The highest BCUT2D eigenvalue weighted by Gasteiger charge is 2.18. The third kappa shape index (κ3) is 6.15. The van der Waals surface area contributed by atoms with Gasteiger partial charge in [-0.05, 0) is 24.6 Å². The van der Waals surface area contributed by atoms with E-state index in [1.807, 2.05) is 31.2 Å². The molecule has 4 nitrogen and oxygen atoms in total. The van der Waals surface area contributed by atoms with Gasteiger partial charge in [0.05, 0.1) is 18.2 Å². The monoisotopic (exact) mass is 378 g/mol. The molecular formula is C19H20F2N2O2S. The minimum absolute atomic E-state index is 0.00365. The lowest BCUT2D eigenvalue weighted by Gasteiger charge is -2.19. The maximum Gasteiger partial charge on any atom is 0.288 e. The number of nitrogens with one attached hydrogen (secondary N) is 2. The van der Waals surface area contributed by atoms with Crippen LogP contribution < -0.4 is 10.6 Å². The number of carbonyl (C=O) groups is 2. The standard InChI is InChI=1S/C19H20F2N2O2S/c1-12-7-9-14(10-8-12)16(22-13(2)24)11-18(25)23-15-5-3-4-6-17(15)26-19(20)21/h3-10,16,19H,11H2,1-2H3,(H,22,24)(H,23,25). The lowest BCUT2D eigenvalue weighted by atomic mass is 10.0. The van der Waals surface area contributed by atoms with Crippen LogP contribution in [0, 0.1) is 6.92 Å². The fraction of sp³-hybridized carbons (Fsp3) is 0.263. The number of anilines is 1. The SMILES string of the molecule is CC(=O)NC(CC(=O)Nc1ccccc1SC(F)F)c1ccc(C)cc1. The van der Waals surface area contributed by atoms with E-state index in [1.54, 1.807) is 18.2 Å². The zero-order chi connectivity index (χ0) is 19.1. The van der Waals surface area contributed by atoms with Gasteiger partial charge < -0.3 is 10.6 Å². The second kappa shape index (κ2) is 9.33. The van der Waals surface area contributed by atoms with Crippen molar-refractivity contribution >= 4 is 29.3 Å². The molecule has 0 aliphatic carbocycles. The van der Waals surface area contributed by atoms with E-state index >= 15 is 0 Å². The van der Waals surface area contributed by atoms with Crippen molar-refractivity contribution in [2.75, 3.05) is 5.32 Å². The second-order valence-corrected chi connectivity index (χ2v) is 6.82. The molecule has 0 saturated heterocycles. The first-order chi connectivity index (χ1) is 12.3. The number of benzene rings is 2. The summed E-state index contributed by atoms with van der Waals surface area (Å²) in [6.45, 7) is 3.33. The van der Waals surface area contributed by atoms with E-state index in [0.717, 1.165) is 11.1 Å². The van der Waals surface area contributed by atoms with Crippen LogP contribution in [0.1, 0.15) is 30.5 Å². The van der Waals surface area contributed by atoms with Crippen LogP contribution in [0.15, 0.2) is 53.4 Å². The zero-order valence-electron chi connectivity index (χ0n) is 14.5. The van der Waals surface area contributed by atoms with Gasteiger partial charge in [-0.2, -0.15) is 8.78 Å². The van der Waals surface area contributed by atoms with E-state index in [-0.39, 0.29) is 18.2 Å². The Hall–Kier alpha value is -2.41. The molecular weight excluding hydrogens is 358 g/mol. The molecule has 0 heterocycles. The largest absolute Gasteiger partial charge is 0.349 e. The average Bonchev–Trinajstić information content (AvgIpc) is 2.56. The van der Waals surface area contributed by atoms with Crippen LogP contribution in [0.4, 0.5) is 14.5 Å². The molecule has 1 atom stereocenters. The van der Waals surface area contributed by atoms with Gasteiger partial charge in [-0.3, -0.25) is 9.59 Å². The molecule has 2 amide bonds. The first-order valence-electron chi connectivity index (χ1n) is 8.02. The van der Waals surface area contributed by atoms with Crippen LogP contribution in [0.2, 0.25) is 0 Å². The molecule has 0 saturated carbocycles. The smallest absolute Gasteiger partial charge is 0.288 e. The van der Waals surface area contributed by atoms with E-state index < -0.39 is 11.8 Å². The third-order valence-electron chi connectivity index (χ3n) is 3.62. The molecule has 0 fully saturated rings. The number of thioether (sulfide) groups is 1. The Morgan fingerprint density at radius 2 is 1.73 bits per heavy atom. The molecule has 2 rings (SSSR count). The lowest BCUT2D eigenvalue weighted by Crippen LogP contribution is -2.29. The van der Waals surface area contributed by atoms with Crippen molar-refractivity contribution in [1.82, 2.24) is 5.32 Å². The number of hydrogen-bond acceptors (Lipinski definition) is 3. The van der Waals surface area contributed by atoms with Crippen molar-refractivity contribution in [2.24, 2.45) is 0 Å². The topological polar surface area (TPSA) is 58.2 Å². The molecule has 0 aliphatic heterocycles. The zero-order valence-corrected chi connectivity index (χ0v) is 15.3. The lowest BCUT2D eigenvalue weighted by molar-refractivity contribution is -0.120. The van der Waals surface area contributed by atoms with Gasteiger partial charge in [0.1, 0.15) is 0 Å². The van der Waals surface area contributed by atoms with E-state index in [9.17, 15) is 18.4 Å². The van der Waals surface area contributed by atoms with E-state index in [4.69, 9.17) is 0 Å². The summed E-state index contributed by atoms with van der Waals surface area (Å²) in [5.41, 5.74) is 2.20. The Bertz CT molecular complexity index is 766. The first-order valence-corrected chi connectivity index (χ1v) is 8.90. The molecule has 0 aliphatic rings. The molecule has 1 unspecified atom stereocenters. The Morgan fingerprint density at radius 3 is 2.35 bits per heavy atom. The Labute approximate surface area is 155 Å². The summed E-state index contributed by atoms with van der Waals surface area (Å²) in [6.07, 6.45) is -0.00365. The van der Waals surface area contributed by atoms with Gasteiger partial charge in [-0.1, -0.05) is 53.7 Å². The van der Waals surface area contributed by atoms with Crippen LogP contribution in [0.5, 0.6) is 0 Å². The number of hydrogen-bond donors (Lipinski definition) is 2. The predicted octanol–water partition coefficient (Wildman–Crippen LogP) is 4.52. The summed E-state index contributed by atoms with van der Waals surface area (Å²) in [7, 11) is 0. The number of halogens is 2. The summed E-state index contributed by atoms with van der Waals surface area (Å²) in [4.78, 5) is 24.2. The molecule has 0 aromatic heterocycles. The quantitative estimate of drug-likeness (QED) is 0.697. The van der Waals surface area contributed by atoms with E-state index in [0.29, 0.717) is 22.3 Å².